The average Bonchev–Trinajstić information content (AvgIpc) is 3.05. The Morgan fingerprint density at radius 1 is 1.17 bits per heavy atom. The van der Waals surface area contributed by atoms with Gasteiger partial charge in [-0.05, 0) is 36.1 Å². The molecule has 1 aromatic carbocycles. The molecule has 2 aliphatic heterocycles. The third-order valence-corrected chi connectivity index (χ3v) is 4.29. The lowest BCUT2D eigenvalue weighted by Crippen LogP contribution is -2.35. The molecule has 3 rings (SSSR count). The summed E-state index contributed by atoms with van der Waals surface area (Å²) in [5.41, 5.74) is -0.731. The number of likely N-dealkylation sites (tertiary alicyclic amines) is 1. The van der Waals surface area contributed by atoms with Crippen LogP contribution < -0.4 is 10.1 Å². The molecular weight excluding hydrogens is 333 g/mol. The van der Waals surface area contributed by atoms with Crippen LogP contribution in [0.2, 0.25) is 0 Å². The van der Waals surface area contributed by atoms with Gasteiger partial charge in [0.1, 0.15) is 5.75 Å². The molecule has 1 aromatic rings. The molecule has 8 heteroatoms. The first-order chi connectivity index (χ1) is 10.4. The van der Waals surface area contributed by atoms with Gasteiger partial charge in [0, 0.05) is 26.2 Å². The summed E-state index contributed by atoms with van der Waals surface area (Å²) < 4.78 is 42.6. The molecule has 2 fully saturated rings. The van der Waals surface area contributed by atoms with Crippen LogP contribution in [0.15, 0.2) is 24.3 Å². The summed E-state index contributed by atoms with van der Waals surface area (Å²) in [6, 6.07) is 4.37. The number of nitrogens with one attached hydrogen (secondary N) is 1. The van der Waals surface area contributed by atoms with Crippen molar-refractivity contribution >= 4 is 18.3 Å². The third-order valence-electron chi connectivity index (χ3n) is 4.29. The summed E-state index contributed by atoms with van der Waals surface area (Å²) in [6.45, 7) is 3.19. The van der Waals surface area contributed by atoms with Gasteiger partial charge in [-0.1, -0.05) is 0 Å². The number of halogens is 4. The number of carbonyl (C=O) groups is 1. The molecule has 2 heterocycles. The van der Waals surface area contributed by atoms with Gasteiger partial charge < -0.3 is 15.0 Å². The molecule has 23 heavy (non-hydrogen) atoms. The zero-order chi connectivity index (χ0) is 15.7. The standard InChI is InChI=1S/C15H17F3N2O2.ClH/c16-15(17,18)12-1-3-13(4-2-12)22-9-14(21)20-7-10-5-19-6-11(10)8-20;/h1-4,10-11,19H,5-9H2;1H/t10-,11+;. The number of alkyl halides is 3. The Kier molecular flexibility index (Phi) is 5.41. The van der Waals surface area contributed by atoms with Crippen molar-refractivity contribution in [2.75, 3.05) is 32.8 Å². The fraction of sp³-hybridized carbons (Fsp3) is 0.533. The topological polar surface area (TPSA) is 41.6 Å². The Labute approximate surface area is 138 Å². The van der Waals surface area contributed by atoms with Crippen molar-refractivity contribution in [1.82, 2.24) is 10.2 Å². The number of nitrogens with zero attached hydrogens (tertiary/aromatic N) is 1. The zero-order valence-corrected chi connectivity index (χ0v) is 13.1. The summed E-state index contributed by atoms with van der Waals surface area (Å²) in [4.78, 5) is 13.9. The number of carbonyl (C=O) groups excluding carboxylic acids is 1. The molecule has 0 saturated carbocycles. The molecule has 0 unspecified atom stereocenters. The highest BCUT2D eigenvalue weighted by Gasteiger charge is 2.38. The zero-order valence-electron chi connectivity index (χ0n) is 12.3. The van der Waals surface area contributed by atoms with Gasteiger partial charge >= 0.3 is 6.18 Å². The van der Waals surface area contributed by atoms with Gasteiger partial charge in [0.2, 0.25) is 0 Å². The van der Waals surface area contributed by atoms with Gasteiger partial charge in [0.15, 0.2) is 6.61 Å². The summed E-state index contributed by atoms with van der Waals surface area (Å²) in [5.74, 6) is 1.17. The SMILES string of the molecule is Cl.O=C(COc1ccc(C(F)(F)F)cc1)N1C[C@H]2CNC[C@H]2C1. The van der Waals surface area contributed by atoms with Crippen molar-refractivity contribution in [3.05, 3.63) is 29.8 Å². The van der Waals surface area contributed by atoms with Crippen molar-refractivity contribution in [2.45, 2.75) is 6.18 Å². The van der Waals surface area contributed by atoms with Gasteiger partial charge in [0.25, 0.3) is 5.91 Å². The minimum absolute atomic E-state index is 0. The van der Waals surface area contributed by atoms with Crippen LogP contribution in [0.3, 0.4) is 0 Å². The van der Waals surface area contributed by atoms with Crippen molar-refractivity contribution < 1.29 is 22.7 Å². The molecule has 0 bridgehead atoms. The number of rotatable bonds is 3. The molecule has 0 aliphatic carbocycles. The Balaban J connectivity index is 0.00000192. The first-order valence-corrected chi connectivity index (χ1v) is 7.22. The van der Waals surface area contributed by atoms with Crippen molar-refractivity contribution in [1.29, 1.82) is 0 Å². The maximum atomic E-state index is 12.4. The van der Waals surface area contributed by atoms with Crippen molar-refractivity contribution in [2.24, 2.45) is 11.8 Å². The normalized spacial score (nSPS) is 23.3. The maximum absolute atomic E-state index is 12.4. The summed E-state index contributed by atoms with van der Waals surface area (Å²) in [6.07, 6.45) is -4.37. The lowest BCUT2D eigenvalue weighted by atomic mass is 10.0. The highest BCUT2D eigenvalue weighted by Crippen LogP contribution is 2.30. The Morgan fingerprint density at radius 3 is 2.26 bits per heavy atom. The predicted molar refractivity (Wildman–Crippen MR) is 80.6 cm³/mol. The maximum Gasteiger partial charge on any atom is 0.416 e. The fourth-order valence-electron chi connectivity index (χ4n) is 3.04. The lowest BCUT2D eigenvalue weighted by molar-refractivity contribution is -0.137. The van der Waals surface area contributed by atoms with Crippen LogP contribution in [0.25, 0.3) is 0 Å². The molecule has 128 valence electrons. The second kappa shape index (κ2) is 6.97. The van der Waals surface area contributed by atoms with E-state index < -0.39 is 11.7 Å². The van der Waals surface area contributed by atoms with E-state index in [1.165, 1.54) is 12.1 Å². The molecule has 2 aliphatic rings. The highest BCUT2D eigenvalue weighted by molar-refractivity contribution is 5.85. The van der Waals surface area contributed by atoms with Crippen LogP contribution in [0.4, 0.5) is 13.2 Å². The second-order valence-electron chi connectivity index (χ2n) is 5.79. The summed E-state index contributed by atoms with van der Waals surface area (Å²) >= 11 is 0. The number of hydrogen-bond donors (Lipinski definition) is 1. The molecule has 4 nitrogen and oxygen atoms in total. The van der Waals surface area contributed by atoms with Crippen LogP contribution in [0.5, 0.6) is 5.75 Å². The van der Waals surface area contributed by atoms with Gasteiger partial charge in [0.05, 0.1) is 5.56 Å². The van der Waals surface area contributed by atoms with E-state index >= 15 is 0 Å². The summed E-state index contributed by atoms with van der Waals surface area (Å²) in [5, 5.41) is 3.30. The Bertz CT molecular complexity index is 539. The minimum atomic E-state index is -4.37. The molecular formula is C15H18ClF3N2O2. The molecule has 1 amide bonds. The number of benzene rings is 1. The van der Waals surface area contributed by atoms with E-state index in [0.29, 0.717) is 11.8 Å². The molecule has 0 radical (unpaired) electrons. The van der Waals surface area contributed by atoms with E-state index in [9.17, 15) is 18.0 Å². The predicted octanol–water partition coefficient (Wildman–Crippen LogP) is 2.18. The smallest absolute Gasteiger partial charge is 0.416 e. The van der Waals surface area contributed by atoms with E-state index in [4.69, 9.17) is 4.74 Å². The van der Waals surface area contributed by atoms with E-state index in [-0.39, 0.29) is 30.7 Å². The molecule has 2 atom stereocenters. The molecule has 0 spiro atoms. The van der Waals surface area contributed by atoms with Crippen LogP contribution in [0, 0.1) is 11.8 Å². The van der Waals surface area contributed by atoms with E-state index in [1.54, 1.807) is 4.90 Å². The fourth-order valence-corrected chi connectivity index (χ4v) is 3.04. The average molecular weight is 351 g/mol. The first kappa shape index (κ1) is 17.9. The number of ether oxygens (including phenoxy) is 1. The third kappa shape index (κ3) is 4.09. The van der Waals surface area contributed by atoms with Crippen molar-refractivity contribution in [3.63, 3.8) is 0 Å². The van der Waals surface area contributed by atoms with Crippen LogP contribution in [-0.2, 0) is 11.0 Å². The van der Waals surface area contributed by atoms with Gasteiger partial charge in [-0.3, -0.25) is 4.79 Å². The second-order valence-corrected chi connectivity index (χ2v) is 5.79. The number of fused-ring (bicyclic) bond motifs is 1. The molecule has 1 N–H and O–H groups in total. The number of amides is 1. The molecule has 0 aromatic heterocycles. The number of hydrogen-bond acceptors (Lipinski definition) is 3. The van der Waals surface area contributed by atoms with Crippen LogP contribution >= 0.6 is 12.4 Å². The van der Waals surface area contributed by atoms with Gasteiger partial charge in [-0.2, -0.15) is 13.2 Å². The van der Waals surface area contributed by atoms with E-state index in [0.717, 1.165) is 38.3 Å². The van der Waals surface area contributed by atoms with Crippen molar-refractivity contribution in [3.8, 4) is 5.75 Å². The quantitative estimate of drug-likeness (QED) is 0.908. The minimum Gasteiger partial charge on any atom is -0.484 e. The van der Waals surface area contributed by atoms with E-state index in [1.807, 2.05) is 0 Å². The van der Waals surface area contributed by atoms with Crippen LogP contribution in [0.1, 0.15) is 5.56 Å². The molecule has 2 saturated heterocycles. The Morgan fingerprint density at radius 2 is 1.74 bits per heavy atom. The highest BCUT2D eigenvalue weighted by atomic mass is 35.5. The first-order valence-electron chi connectivity index (χ1n) is 7.22. The van der Waals surface area contributed by atoms with Crippen LogP contribution in [-0.4, -0.2) is 43.6 Å². The largest absolute Gasteiger partial charge is 0.484 e. The lowest BCUT2D eigenvalue weighted by Gasteiger charge is -2.17. The van der Waals surface area contributed by atoms with Gasteiger partial charge in [-0.25, -0.2) is 0 Å². The monoisotopic (exact) mass is 350 g/mol. The Hall–Kier alpha value is -1.47. The van der Waals surface area contributed by atoms with E-state index in [2.05, 4.69) is 5.32 Å². The summed E-state index contributed by atoms with van der Waals surface area (Å²) in [7, 11) is 0. The van der Waals surface area contributed by atoms with Gasteiger partial charge in [-0.15, -0.1) is 12.4 Å².